The monoisotopic (exact) mass is 510 g/mol. The van der Waals surface area contributed by atoms with Crippen LogP contribution in [0.2, 0.25) is 0 Å². The number of aliphatic imine (C=N–C) groups is 1. The smallest absolute Gasteiger partial charge is 0.219 e. The summed E-state index contributed by atoms with van der Waals surface area (Å²) in [6.07, 6.45) is 4.15. The molecule has 0 spiro atoms. The molecule has 6 nitrogen and oxygen atoms in total. The minimum atomic E-state index is -0.348. The summed E-state index contributed by atoms with van der Waals surface area (Å²) in [7, 11) is 0. The van der Waals surface area contributed by atoms with Crippen molar-refractivity contribution >= 4 is 29.9 Å². The molecule has 0 fully saturated rings. The number of ether oxygens (including phenoxy) is 1. The van der Waals surface area contributed by atoms with Crippen LogP contribution in [-0.4, -0.2) is 24.0 Å². The Balaban J connectivity index is 0.00000300. The Bertz CT molecular complexity index is 886. The van der Waals surface area contributed by atoms with E-state index in [2.05, 4.69) is 20.6 Å². The highest BCUT2D eigenvalue weighted by atomic mass is 127. The Hall–Kier alpha value is -2.62. The summed E-state index contributed by atoms with van der Waals surface area (Å²) in [5, 5.41) is 6.49. The fourth-order valence-corrected chi connectivity index (χ4v) is 2.49. The maximum atomic E-state index is 13.2. The number of guanidine groups is 1. The molecule has 0 saturated heterocycles. The van der Waals surface area contributed by atoms with E-state index in [0.29, 0.717) is 18.2 Å². The zero-order chi connectivity index (χ0) is 19.6. The first-order chi connectivity index (χ1) is 13.7. The van der Waals surface area contributed by atoms with Crippen molar-refractivity contribution in [3.63, 3.8) is 0 Å². The highest BCUT2D eigenvalue weighted by Crippen LogP contribution is 2.20. The molecule has 3 aromatic rings. The number of rotatable bonds is 8. The zero-order valence-corrected chi connectivity index (χ0v) is 18.4. The molecule has 0 aliphatic carbocycles. The Morgan fingerprint density at radius 2 is 2.07 bits per heavy atom. The lowest BCUT2D eigenvalue weighted by molar-refractivity contribution is 0.457. The first kappa shape index (κ1) is 22.7. The second-order valence-corrected chi connectivity index (χ2v) is 6.02. The van der Waals surface area contributed by atoms with Crippen LogP contribution < -0.4 is 15.4 Å². The molecule has 0 radical (unpaired) electrons. The molecule has 8 heteroatoms. The lowest BCUT2D eigenvalue weighted by Gasteiger charge is -2.10. The Morgan fingerprint density at radius 3 is 2.76 bits per heavy atom. The summed E-state index contributed by atoms with van der Waals surface area (Å²) in [4.78, 5) is 8.82. The first-order valence-corrected chi connectivity index (χ1v) is 9.16. The van der Waals surface area contributed by atoms with Crippen LogP contribution in [0.4, 0.5) is 4.39 Å². The Morgan fingerprint density at radius 1 is 1.17 bits per heavy atom. The van der Waals surface area contributed by atoms with Gasteiger partial charge in [-0.3, -0.25) is 0 Å². The fourth-order valence-electron chi connectivity index (χ4n) is 2.49. The SMILES string of the molecule is CCNC(=NCc1ccc(Oc2cccc(F)c2)nc1)NCCc1ccco1.I. The van der Waals surface area contributed by atoms with Gasteiger partial charge in [0, 0.05) is 37.8 Å². The van der Waals surface area contributed by atoms with E-state index in [1.54, 1.807) is 30.7 Å². The normalized spacial score (nSPS) is 10.9. The minimum absolute atomic E-state index is 0. The van der Waals surface area contributed by atoms with Crippen molar-refractivity contribution in [1.82, 2.24) is 15.6 Å². The van der Waals surface area contributed by atoms with E-state index >= 15 is 0 Å². The Labute approximate surface area is 186 Å². The molecule has 2 N–H and O–H groups in total. The molecule has 0 aliphatic rings. The zero-order valence-electron chi connectivity index (χ0n) is 16.1. The van der Waals surface area contributed by atoms with Crippen LogP contribution in [0.1, 0.15) is 18.2 Å². The quantitative estimate of drug-likeness (QED) is 0.265. The number of halogens is 2. The third-order valence-electron chi connectivity index (χ3n) is 3.82. The second-order valence-electron chi connectivity index (χ2n) is 6.02. The van der Waals surface area contributed by atoms with E-state index < -0.39 is 0 Å². The van der Waals surface area contributed by atoms with Gasteiger partial charge < -0.3 is 19.8 Å². The molecule has 154 valence electrons. The van der Waals surface area contributed by atoms with Crippen molar-refractivity contribution in [2.45, 2.75) is 19.9 Å². The summed E-state index contributed by atoms with van der Waals surface area (Å²) < 4.78 is 24.1. The van der Waals surface area contributed by atoms with Gasteiger partial charge >= 0.3 is 0 Å². The topological polar surface area (TPSA) is 71.7 Å². The van der Waals surface area contributed by atoms with Crippen molar-refractivity contribution in [3.05, 3.63) is 78.1 Å². The van der Waals surface area contributed by atoms with Crippen LogP contribution in [0.15, 0.2) is 70.4 Å². The third kappa shape index (κ3) is 7.72. The molecule has 0 saturated carbocycles. The molecular weight excluding hydrogens is 486 g/mol. The van der Waals surface area contributed by atoms with Crippen molar-refractivity contribution in [2.75, 3.05) is 13.1 Å². The summed E-state index contributed by atoms with van der Waals surface area (Å²) in [5.74, 6) is 2.13. The van der Waals surface area contributed by atoms with E-state index in [1.807, 2.05) is 25.1 Å². The number of nitrogens with one attached hydrogen (secondary N) is 2. The van der Waals surface area contributed by atoms with Gasteiger partial charge in [-0.25, -0.2) is 14.4 Å². The van der Waals surface area contributed by atoms with Crippen molar-refractivity contribution < 1.29 is 13.5 Å². The number of benzene rings is 1. The molecule has 0 unspecified atom stereocenters. The van der Waals surface area contributed by atoms with Crippen LogP contribution in [0.3, 0.4) is 0 Å². The van der Waals surface area contributed by atoms with Crippen molar-refractivity contribution in [2.24, 2.45) is 4.99 Å². The van der Waals surface area contributed by atoms with Crippen LogP contribution in [0.5, 0.6) is 11.6 Å². The first-order valence-electron chi connectivity index (χ1n) is 9.16. The van der Waals surface area contributed by atoms with Gasteiger partial charge in [0.2, 0.25) is 5.88 Å². The standard InChI is InChI=1S/C21H23FN4O2.HI/c1-2-23-21(24-11-10-18-7-4-12-27-18)26-15-16-8-9-20(25-14-16)28-19-6-3-5-17(22)13-19;/h3-9,12-14H,2,10-11,15H2,1H3,(H2,23,24,26);1H. The number of furan rings is 1. The summed E-state index contributed by atoms with van der Waals surface area (Å²) in [6, 6.07) is 13.4. The van der Waals surface area contributed by atoms with Gasteiger partial charge in [0.25, 0.3) is 0 Å². The van der Waals surface area contributed by atoms with Crippen LogP contribution in [0.25, 0.3) is 0 Å². The van der Waals surface area contributed by atoms with E-state index in [4.69, 9.17) is 9.15 Å². The van der Waals surface area contributed by atoms with Gasteiger partial charge in [-0.2, -0.15) is 0 Å². The van der Waals surface area contributed by atoms with E-state index in [9.17, 15) is 4.39 Å². The second kappa shape index (κ2) is 12.1. The van der Waals surface area contributed by atoms with Gasteiger partial charge in [-0.05, 0) is 36.8 Å². The lowest BCUT2D eigenvalue weighted by atomic mass is 10.3. The lowest BCUT2D eigenvalue weighted by Crippen LogP contribution is -2.38. The predicted molar refractivity (Wildman–Crippen MR) is 121 cm³/mol. The maximum Gasteiger partial charge on any atom is 0.219 e. The molecular formula is C21H24FIN4O2. The summed E-state index contributed by atoms with van der Waals surface area (Å²) >= 11 is 0. The summed E-state index contributed by atoms with van der Waals surface area (Å²) in [6.45, 7) is 3.98. The molecule has 0 atom stereocenters. The predicted octanol–water partition coefficient (Wildman–Crippen LogP) is 4.52. The number of pyridine rings is 1. The van der Waals surface area contributed by atoms with Crippen LogP contribution >= 0.6 is 24.0 Å². The maximum absolute atomic E-state index is 13.2. The summed E-state index contributed by atoms with van der Waals surface area (Å²) in [5.41, 5.74) is 0.940. The van der Waals surface area contributed by atoms with Gasteiger partial charge in [0.15, 0.2) is 5.96 Å². The molecule has 0 amide bonds. The molecule has 2 aromatic heterocycles. The molecule has 1 aromatic carbocycles. The molecule has 29 heavy (non-hydrogen) atoms. The Kier molecular flexibility index (Phi) is 9.42. The number of nitrogens with zero attached hydrogens (tertiary/aromatic N) is 2. The highest BCUT2D eigenvalue weighted by molar-refractivity contribution is 14.0. The van der Waals surface area contributed by atoms with Gasteiger partial charge in [0.1, 0.15) is 17.3 Å². The third-order valence-corrected chi connectivity index (χ3v) is 3.82. The highest BCUT2D eigenvalue weighted by Gasteiger charge is 2.02. The van der Waals surface area contributed by atoms with Gasteiger partial charge in [-0.15, -0.1) is 24.0 Å². The largest absolute Gasteiger partial charge is 0.469 e. The van der Waals surface area contributed by atoms with Crippen LogP contribution in [-0.2, 0) is 13.0 Å². The van der Waals surface area contributed by atoms with Crippen molar-refractivity contribution in [3.8, 4) is 11.6 Å². The van der Waals surface area contributed by atoms with Gasteiger partial charge in [0.05, 0.1) is 12.8 Å². The average molecular weight is 510 g/mol. The van der Waals surface area contributed by atoms with E-state index in [0.717, 1.165) is 36.8 Å². The van der Waals surface area contributed by atoms with E-state index in [-0.39, 0.29) is 29.8 Å². The average Bonchev–Trinajstić information content (AvgIpc) is 3.21. The molecule has 3 rings (SSSR count). The molecule has 0 bridgehead atoms. The fraction of sp³-hybridized carbons (Fsp3) is 0.238. The molecule has 2 heterocycles. The number of hydrogen-bond acceptors (Lipinski definition) is 4. The van der Waals surface area contributed by atoms with Crippen LogP contribution in [0, 0.1) is 5.82 Å². The molecule has 0 aliphatic heterocycles. The van der Waals surface area contributed by atoms with E-state index in [1.165, 1.54) is 12.1 Å². The number of hydrogen-bond donors (Lipinski definition) is 2. The van der Waals surface area contributed by atoms with Gasteiger partial charge in [-0.1, -0.05) is 12.1 Å². The van der Waals surface area contributed by atoms with Crippen molar-refractivity contribution in [1.29, 1.82) is 0 Å². The minimum Gasteiger partial charge on any atom is -0.469 e. The number of aromatic nitrogens is 1.